The number of hydrogen-bond acceptors (Lipinski definition) is 18. The van der Waals surface area contributed by atoms with Crippen LogP contribution in [-0.4, -0.2) is 126 Å². The summed E-state index contributed by atoms with van der Waals surface area (Å²) < 4.78 is 75.8. The number of methoxy groups -OCH3 is 4. The third-order valence-electron chi connectivity index (χ3n) is 10.7. The highest BCUT2D eigenvalue weighted by Crippen LogP contribution is 2.36. The highest BCUT2D eigenvalue weighted by atomic mass is 32.2. The molecule has 20 nitrogen and oxygen atoms in total. The van der Waals surface area contributed by atoms with E-state index in [-0.39, 0.29) is 21.2 Å². The number of piperazine rings is 2. The molecule has 2 aliphatic rings. The molecule has 6 aromatic rings. The second-order valence-electron chi connectivity index (χ2n) is 14.5. The Hall–Kier alpha value is -6.44. The van der Waals surface area contributed by atoms with Crippen molar-refractivity contribution in [3.63, 3.8) is 0 Å². The molecule has 0 atom stereocenters. The van der Waals surface area contributed by atoms with Crippen molar-refractivity contribution in [1.29, 1.82) is 0 Å². The molecular formula is C42H44N8O12S4. The van der Waals surface area contributed by atoms with E-state index in [0.717, 1.165) is 32.8 Å². The van der Waals surface area contributed by atoms with E-state index in [2.05, 4.69) is 4.90 Å². The van der Waals surface area contributed by atoms with Crippen molar-refractivity contribution < 1.29 is 45.6 Å². The van der Waals surface area contributed by atoms with Crippen LogP contribution in [0.1, 0.15) is 0 Å². The maximum atomic E-state index is 12.9. The quantitative estimate of drug-likeness (QED) is 0.0838. The number of thiazole rings is 2. The lowest BCUT2D eigenvalue weighted by Crippen LogP contribution is -2.48. The van der Waals surface area contributed by atoms with Crippen LogP contribution in [0.3, 0.4) is 0 Å². The Balaban J connectivity index is 0.000000196. The number of anilines is 2. The lowest BCUT2D eigenvalue weighted by atomic mass is 10.1. The first kappa shape index (κ1) is 47.5. The van der Waals surface area contributed by atoms with Crippen LogP contribution >= 0.6 is 22.7 Å². The van der Waals surface area contributed by atoms with Gasteiger partial charge in [0.15, 0.2) is 21.8 Å². The van der Waals surface area contributed by atoms with Crippen LogP contribution in [0, 0.1) is 20.2 Å². The molecule has 24 heteroatoms. The summed E-state index contributed by atoms with van der Waals surface area (Å²) in [4.78, 5) is 34.2. The summed E-state index contributed by atoms with van der Waals surface area (Å²) in [5.41, 5.74) is 3.06. The molecular weight excluding hydrogens is 937 g/mol. The highest BCUT2D eigenvalue weighted by Gasteiger charge is 2.31. The standard InChI is InChI=1S/2C21H22N4O6S2/c1-30-19-8-3-15(13-20(19)31-2)18-14-32-21(22-18)23-9-11-24(12-10-23)33(28,29)17-6-4-16(5-7-17)25(26)27;1-30-17-11-15(12-18(13-17)31-2)20-14-32-21(22-20)23-7-9-24(10-8-23)33(28,29)19-5-3-16(4-6-19)25(26)27/h3-8,13-14H,9-12H2,1-2H3;3-6,11-14H,7-10H2,1-2H3. The van der Waals surface area contributed by atoms with Gasteiger partial charge in [-0.2, -0.15) is 8.61 Å². The van der Waals surface area contributed by atoms with Gasteiger partial charge < -0.3 is 28.7 Å². The van der Waals surface area contributed by atoms with E-state index < -0.39 is 29.9 Å². The second-order valence-corrected chi connectivity index (χ2v) is 20.0. The average molecular weight is 981 g/mol. The monoisotopic (exact) mass is 980 g/mol. The fourth-order valence-electron chi connectivity index (χ4n) is 7.05. The first-order valence-corrected chi connectivity index (χ1v) is 24.6. The van der Waals surface area contributed by atoms with Crippen molar-refractivity contribution in [2.24, 2.45) is 0 Å². The van der Waals surface area contributed by atoms with Gasteiger partial charge >= 0.3 is 0 Å². The van der Waals surface area contributed by atoms with Crippen molar-refractivity contribution in [2.45, 2.75) is 9.79 Å². The van der Waals surface area contributed by atoms with Crippen molar-refractivity contribution in [3.05, 3.63) is 116 Å². The zero-order chi connectivity index (χ0) is 47.2. The maximum Gasteiger partial charge on any atom is 0.269 e. The third kappa shape index (κ3) is 10.5. The summed E-state index contributed by atoms with van der Waals surface area (Å²) in [5.74, 6) is 2.60. The van der Waals surface area contributed by atoms with E-state index in [1.807, 2.05) is 46.0 Å². The molecule has 4 aromatic carbocycles. The largest absolute Gasteiger partial charge is 0.497 e. The van der Waals surface area contributed by atoms with Gasteiger partial charge in [-0.15, -0.1) is 22.7 Å². The van der Waals surface area contributed by atoms with E-state index in [0.29, 0.717) is 75.4 Å². The predicted molar refractivity (Wildman–Crippen MR) is 249 cm³/mol. The molecule has 348 valence electrons. The van der Waals surface area contributed by atoms with Crippen LogP contribution in [-0.2, 0) is 20.0 Å². The maximum absolute atomic E-state index is 12.9. The number of aromatic nitrogens is 2. The number of nitrogens with zero attached hydrogens (tertiary/aromatic N) is 8. The summed E-state index contributed by atoms with van der Waals surface area (Å²) in [6.07, 6.45) is 0. The van der Waals surface area contributed by atoms with E-state index in [1.165, 1.54) is 79.8 Å². The summed E-state index contributed by atoms with van der Waals surface area (Å²) in [5, 5.41) is 27.1. The Kier molecular flexibility index (Phi) is 14.7. The first-order chi connectivity index (χ1) is 31.6. The molecule has 0 unspecified atom stereocenters. The van der Waals surface area contributed by atoms with Gasteiger partial charge in [-0.05, 0) is 54.6 Å². The van der Waals surface area contributed by atoms with Gasteiger partial charge in [-0.3, -0.25) is 20.2 Å². The van der Waals surface area contributed by atoms with Crippen LogP contribution < -0.4 is 28.7 Å². The number of benzene rings is 4. The lowest BCUT2D eigenvalue weighted by molar-refractivity contribution is -0.385. The molecule has 0 bridgehead atoms. The lowest BCUT2D eigenvalue weighted by Gasteiger charge is -2.33. The topological polar surface area (TPSA) is 230 Å². The van der Waals surface area contributed by atoms with Gasteiger partial charge in [0.1, 0.15) is 11.5 Å². The average Bonchev–Trinajstić information content (AvgIpc) is 4.06. The molecule has 0 saturated carbocycles. The van der Waals surface area contributed by atoms with Gasteiger partial charge in [-0.1, -0.05) is 0 Å². The molecule has 0 radical (unpaired) electrons. The summed E-state index contributed by atoms with van der Waals surface area (Å²) >= 11 is 2.98. The molecule has 2 fully saturated rings. The van der Waals surface area contributed by atoms with E-state index in [4.69, 9.17) is 28.9 Å². The van der Waals surface area contributed by atoms with Crippen LogP contribution in [0.15, 0.2) is 105 Å². The smallest absolute Gasteiger partial charge is 0.269 e. The SMILES string of the molecule is COc1cc(OC)cc(-c2csc(N3CCN(S(=O)(=O)c4ccc([N+](=O)[O-])cc4)CC3)n2)c1.COc1ccc(-c2csc(N3CCN(S(=O)(=O)c4ccc([N+](=O)[O-])cc4)CC3)n2)cc1OC. The minimum absolute atomic E-state index is 0.0463. The molecule has 4 heterocycles. The zero-order valence-corrected chi connectivity index (χ0v) is 39.3. The van der Waals surface area contributed by atoms with Crippen LogP contribution in [0.2, 0.25) is 0 Å². The summed E-state index contributed by atoms with van der Waals surface area (Å²) in [6.45, 7) is 3.13. The van der Waals surface area contributed by atoms with Crippen molar-refractivity contribution in [3.8, 4) is 45.5 Å². The highest BCUT2D eigenvalue weighted by molar-refractivity contribution is 7.89. The van der Waals surface area contributed by atoms with E-state index in [1.54, 1.807) is 34.5 Å². The van der Waals surface area contributed by atoms with Crippen LogP contribution in [0.5, 0.6) is 23.0 Å². The van der Waals surface area contributed by atoms with E-state index >= 15 is 0 Å². The molecule has 2 aliphatic heterocycles. The predicted octanol–water partition coefficient (Wildman–Crippen LogP) is 6.49. The minimum Gasteiger partial charge on any atom is -0.497 e. The molecule has 8 rings (SSSR count). The Bertz CT molecular complexity index is 2880. The minimum atomic E-state index is -3.72. The fraction of sp³-hybridized carbons (Fsp3) is 0.286. The summed E-state index contributed by atoms with van der Waals surface area (Å²) in [7, 11) is -1.09. The van der Waals surface area contributed by atoms with Crippen molar-refractivity contribution in [2.75, 3.05) is 90.6 Å². The molecule has 0 amide bonds. The molecule has 0 N–H and O–H groups in total. The molecule has 2 aromatic heterocycles. The summed E-state index contributed by atoms with van der Waals surface area (Å²) in [6, 6.07) is 21.1. The number of hydrogen-bond donors (Lipinski definition) is 0. The third-order valence-corrected chi connectivity index (χ3v) is 16.3. The van der Waals surface area contributed by atoms with Gasteiger partial charge in [-0.25, -0.2) is 26.8 Å². The molecule has 66 heavy (non-hydrogen) atoms. The first-order valence-electron chi connectivity index (χ1n) is 20.0. The Labute approximate surface area is 388 Å². The van der Waals surface area contributed by atoms with Crippen molar-refractivity contribution in [1.82, 2.24) is 18.6 Å². The van der Waals surface area contributed by atoms with Crippen molar-refractivity contribution >= 4 is 64.4 Å². The van der Waals surface area contributed by atoms with Gasteiger partial charge in [0.25, 0.3) is 11.4 Å². The number of nitro benzene ring substituents is 2. The van der Waals surface area contributed by atoms with Gasteiger partial charge in [0.05, 0.1) is 59.5 Å². The van der Waals surface area contributed by atoms with Crippen LogP contribution in [0.4, 0.5) is 21.6 Å². The van der Waals surface area contributed by atoms with Crippen LogP contribution in [0.25, 0.3) is 22.5 Å². The zero-order valence-electron chi connectivity index (χ0n) is 36.0. The number of sulfonamides is 2. The Morgan fingerprint density at radius 1 is 0.515 bits per heavy atom. The number of rotatable bonds is 14. The van der Waals surface area contributed by atoms with E-state index in [9.17, 15) is 37.1 Å². The molecule has 2 saturated heterocycles. The molecule has 0 aliphatic carbocycles. The molecule has 0 spiro atoms. The number of non-ortho nitro benzene ring substituents is 2. The second kappa shape index (κ2) is 20.4. The Morgan fingerprint density at radius 3 is 1.30 bits per heavy atom. The number of nitro groups is 2. The van der Waals surface area contributed by atoms with Gasteiger partial charge in [0, 0.05) is 105 Å². The number of ether oxygens (including phenoxy) is 4. The Morgan fingerprint density at radius 2 is 0.924 bits per heavy atom. The fourth-order valence-corrected chi connectivity index (χ4v) is 11.7. The normalized spacial score (nSPS) is 14.8. The van der Waals surface area contributed by atoms with Gasteiger partial charge in [0.2, 0.25) is 20.0 Å².